The van der Waals surface area contributed by atoms with Crippen LogP contribution in [0.15, 0.2) is 18.2 Å². The van der Waals surface area contributed by atoms with Crippen LogP contribution in [0.5, 0.6) is 5.75 Å². The van der Waals surface area contributed by atoms with E-state index in [0.717, 1.165) is 0 Å². The molecule has 1 aromatic carbocycles. The Hall–Kier alpha value is -1.42. The van der Waals surface area contributed by atoms with Gasteiger partial charge in [-0.05, 0) is 46.0 Å². The number of ketones is 1. The summed E-state index contributed by atoms with van der Waals surface area (Å²) in [7, 11) is 1.69. The van der Waals surface area contributed by atoms with Crippen molar-refractivity contribution in [2.75, 3.05) is 7.05 Å². The Kier molecular flexibility index (Phi) is 4.63. The molecule has 94 valence electrons. The minimum atomic E-state index is -0.507. The second-order valence-electron chi connectivity index (χ2n) is 4.19. The smallest absolute Gasteiger partial charge is 0.179 e. The molecule has 0 fully saturated rings. The van der Waals surface area contributed by atoms with Crippen LogP contribution in [-0.4, -0.2) is 25.0 Å². The number of carbonyl (C=O) groups is 1. The molecular formula is C13H18FNO2. The van der Waals surface area contributed by atoms with E-state index in [4.69, 9.17) is 4.74 Å². The molecule has 0 bridgehead atoms. The molecule has 1 rings (SSSR count). The Labute approximate surface area is 101 Å². The van der Waals surface area contributed by atoms with Gasteiger partial charge in [-0.1, -0.05) is 0 Å². The number of ether oxygens (including phenoxy) is 1. The fourth-order valence-electron chi connectivity index (χ4n) is 1.38. The molecule has 17 heavy (non-hydrogen) atoms. The number of nitrogens with one attached hydrogen (secondary N) is 1. The van der Waals surface area contributed by atoms with Crippen LogP contribution in [0.3, 0.4) is 0 Å². The number of halogens is 1. The van der Waals surface area contributed by atoms with Gasteiger partial charge >= 0.3 is 0 Å². The zero-order valence-electron chi connectivity index (χ0n) is 10.6. The molecule has 0 amide bonds. The van der Waals surface area contributed by atoms with Gasteiger partial charge in [0, 0.05) is 5.56 Å². The van der Waals surface area contributed by atoms with Crippen molar-refractivity contribution in [3.63, 3.8) is 0 Å². The zero-order valence-corrected chi connectivity index (χ0v) is 10.6. The predicted molar refractivity (Wildman–Crippen MR) is 65.0 cm³/mol. The zero-order chi connectivity index (χ0) is 13.0. The van der Waals surface area contributed by atoms with Gasteiger partial charge in [0.1, 0.15) is 0 Å². The molecule has 0 spiro atoms. The summed E-state index contributed by atoms with van der Waals surface area (Å²) in [6.45, 7) is 5.38. The van der Waals surface area contributed by atoms with Gasteiger partial charge in [-0.2, -0.15) is 0 Å². The van der Waals surface area contributed by atoms with E-state index < -0.39 is 5.82 Å². The van der Waals surface area contributed by atoms with Gasteiger partial charge in [0.05, 0.1) is 12.1 Å². The maximum absolute atomic E-state index is 13.6. The Morgan fingerprint density at radius 1 is 1.35 bits per heavy atom. The molecule has 0 heterocycles. The minimum absolute atomic E-state index is 0.0951. The molecule has 0 aliphatic rings. The highest BCUT2D eigenvalue weighted by molar-refractivity contribution is 5.99. The van der Waals surface area contributed by atoms with Crippen LogP contribution in [0, 0.1) is 5.82 Å². The number of hydrogen-bond donors (Lipinski definition) is 1. The van der Waals surface area contributed by atoms with E-state index in [-0.39, 0.29) is 23.7 Å². The van der Waals surface area contributed by atoms with Gasteiger partial charge in [-0.3, -0.25) is 4.79 Å². The van der Waals surface area contributed by atoms with Crippen LogP contribution in [0.25, 0.3) is 0 Å². The molecule has 0 aliphatic heterocycles. The lowest BCUT2D eigenvalue weighted by Crippen LogP contribution is -2.30. The van der Waals surface area contributed by atoms with Crippen molar-refractivity contribution in [3.05, 3.63) is 29.6 Å². The van der Waals surface area contributed by atoms with Gasteiger partial charge in [0.15, 0.2) is 17.3 Å². The first kappa shape index (κ1) is 13.6. The third-order valence-electron chi connectivity index (χ3n) is 2.41. The van der Waals surface area contributed by atoms with Crippen LogP contribution in [0.2, 0.25) is 0 Å². The molecule has 3 nitrogen and oxygen atoms in total. The molecule has 1 atom stereocenters. The fraction of sp³-hybridized carbons (Fsp3) is 0.462. The van der Waals surface area contributed by atoms with Crippen molar-refractivity contribution in [3.8, 4) is 5.75 Å². The Morgan fingerprint density at radius 2 is 2.00 bits per heavy atom. The summed E-state index contributed by atoms with van der Waals surface area (Å²) in [5, 5.41) is 2.83. The summed E-state index contributed by atoms with van der Waals surface area (Å²) in [6.07, 6.45) is -0.0951. The first-order valence-electron chi connectivity index (χ1n) is 5.63. The lowest BCUT2D eigenvalue weighted by molar-refractivity contribution is 0.0954. The van der Waals surface area contributed by atoms with E-state index in [1.54, 1.807) is 20.0 Å². The summed E-state index contributed by atoms with van der Waals surface area (Å²) in [5.74, 6) is -0.469. The lowest BCUT2D eigenvalue weighted by atomic mass is 10.1. The van der Waals surface area contributed by atoms with E-state index in [0.29, 0.717) is 5.56 Å². The number of rotatable bonds is 5. The van der Waals surface area contributed by atoms with E-state index in [9.17, 15) is 9.18 Å². The van der Waals surface area contributed by atoms with Crippen LogP contribution in [0.1, 0.15) is 31.1 Å². The highest BCUT2D eigenvalue weighted by Gasteiger charge is 2.15. The summed E-state index contributed by atoms with van der Waals surface area (Å²) in [6, 6.07) is 3.96. The largest absolute Gasteiger partial charge is 0.488 e. The van der Waals surface area contributed by atoms with Crippen molar-refractivity contribution >= 4 is 5.78 Å². The molecule has 1 unspecified atom stereocenters. The predicted octanol–water partition coefficient (Wildman–Crippen LogP) is 2.40. The third-order valence-corrected chi connectivity index (χ3v) is 2.41. The van der Waals surface area contributed by atoms with Crippen molar-refractivity contribution in [1.82, 2.24) is 5.32 Å². The molecule has 1 aromatic rings. The average molecular weight is 239 g/mol. The highest BCUT2D eigenvalue weighted by atomic mass is 19.1. The van der Waals surface area contributed by atoms with E-state index in [2.05, 4.69) is 5.32 Å². The van der Waals surface area contributed by atoms with Crippen LogP contribution in [0.4, 0.5) is 4.39 Å². The summed E-state index contributed by atoms with van der Waals surface area (Å²) in [5.41, 5.74) is 0.348. The standard InChI is InChI=1S/C13H18FNO2/c1-8(2)17-12-6-5-10(7-11(12)14)13(16)9(3)15-4/h5-9,15H,1-4H3. The van der Waals surface area contributed by atoms with E-state index >= 15 is 0 Å². The van der Waals surface area contributed by atoms with Crippen molar-refractivity contribution in [2.24, 2.45) is 0 Å². The summed E-state index contributed by atoms with van der Waals surface area (Å²) in [4.78, 5) is 11.8. The molecule has 0 radical (unpaired) electrons. The summed E-state index contributed by atoms with van der Waals surface area (Å²) < 4.78 is 18.9. The molecule has 0 aliphatic carbocycles. The normalized spacial score (nSPS) is 12.6. The molecule has 0 saturated heterocycles. The van der Waals surface area contributed by atoms with E-state index in [1.165, 1.54) is 12.1 Å². The Balaban J connectivity index is 2.92. The van der Waals surface area contributed by atoms with E-state index in [1.807, 2.05) is 13.8 Å². The van der Waals surface area contributed by atoms with Crippen LogP contribution >= 0.6 is 0 Å². The third kappa shape index (κ3) is 3.53. The molecule has 0 saturated carbocycles. The van der Waals surface area contributed by atoms with Crippen molar-refractivity contribution in [1.29, 1.82) is 0 Å². The quantitative estimate of drug-likeness (QED) is 0.802. The second kappa shape index (κ2) is 5.77. The number of hydrogen-bond acceptors (Lipinski definition) is 3. The minimum Gasteiger partial charge on any atom is -0.488 e. The monoisotopic (exact) mass is 239 g/mol. The SMILES string of the molecule is CNC(C)C(=O)c1ccc(OC(C)C)c(F)c1. The topological polar surface area (TPSA) is 38.3 Å². The number of Topliss-reactive ketones (excluding diaryl/α,β-unsaturated/α-hetero) is 1. The maximum atomic E-state index is 13.6. The van der Waals surface area contributed by atoms with Crippen molar-refractivity contribution < 1.29 is 13.9 Å². The van der Waals surface area contributed by atoms with Gasteiger partial charge in [0.2, 0.25) is 0 Å². The fourth-order valence-corrected chi connectivity index (χ4v) is 1.38. The Bertz CT molecular complexity index is 404. The summed E-state index contributed by atoms with van der Waals surface area (Å²) >= 11 is 0. The van der Waals surface area contributed by atoms with Gasteiger partial charge in [-0.25, -0.2) is 4.39 Å². The number of likely N-dealkylation sites (N-methyl/N-ethyl adjacent to an activating group) is 1. The van der Waals surface area contributed by atoms with Gasteiger partial charge in [-0.15, -0.1) is 0 Å². The highest BCUT2D eigenvalue weighted by Crippen LogP contribution is 2.20. The maximum Gasteiger partial charge on any atom is 0.179 e. The molecule has 4 heteroatoms. The lowest BCUT2D eigenvalue weighted by Gasteiger charge is -2.12. The average Bonchev–Trinajstić information content (AvgIpc) is 2.29. The first-order chi connectivity index (χ1) is 7.95. The molecule has 0 aromatic heterocycles. The van der Waals surface area contributed by atoms with Gasteiger partial charge < -0.3 is 10.1 Å². The van der Waals surface area contributed by atoms with Crippen LogP contribution in [-0.2, 0) is 0 Å². The molecule has 1 N–H and O–H groups in total. The van der Waals surface area contributed by atoms with Gasteiger partial charge in [0.25, 0.3) is 0 Å². The van der Waals surface area contributed by atoms with Crippen molar-refractivity contribution in [2.45, 2.75) is 32.9 Å². The number of benzene rings is 1. The molecular weight excluding hydrogens is 221 g/mol. The Morgan fingerprint density at radius 3 is 2.47 bits per heavy atom. The number of carbonyl (C=O) groups excluding carboxylic acids is 1. The second-order valence-corrected chi connectivity index (χ2v) is 4.19. The van der Waals surface area contributed by atoms with Crippen LogP contribution < -0.4 is 10.1 Å². The first-order valence-corrected chi connectivity index (χ1v) is 5.63.